The van der Waals surface area contributed by atoms with Crippen molar-refractivity contribution in [3.63, 3.8) is 0 Å². The monoisotopic (exact) mass is 224 g/mol. The Balaban J connectivity index is 1.83. The van der Waals surface area contributed by atoms with Crippen LogP contribution in [0.15, 0.2) is 24.3 Å². The van der Waals surface area contributed by atoms with E-state index in [1.165, 1.54) is 0 Å². The van der Waals surface area contributed by atoms with Gasteiger partial charge in [0.1, 0.15) is 5.78 Å². The Hall–Kier alpha value is -0.860. The predicted octanol–water partition coefficient (Wildman–Crippen LogP) is 2.98. The lowest BCUT2D eigenvalue weighted by atomic mass is 10.2. The average molecular weight is 225 g/mol. The van der Waals surface area contributed by atoms with Crippen LogP contribution in [0.4, 0.5) is 0 Å². The van der Waals surface area contributed by atoms with Gasteiger partial charge >= 0.3 is 0 Å². The van der Waals surface area contributed by atoms with Gasteiger partial charge in [0, 0.05) is 17.9 Å². The molecular weight excluding hydrogens is 212 g/mol. The number of hydrogen-bond donors (Lipinski definition) is 0. The van der Waals surface area contributed by atoms with Crippen LogP contribution >= 0.6 is 11.6 Å². The van der Waals surface area contributed by atoms with Gasteiger partial charge in [-0.1, -0.05) is 23.7 Å². The van der Waals surface area contributed by atoms with Crippen LogP contribution in [0.1, 0.15) is 24.8 Å². The van der Waals surface area contributed by atoms with Crippen molar-refractivity contribution in [2.24, 2.45) is 0 Å². The lowest BCUT2D eigenvalue weighted by Crippen LogP contribution is -2.08. The summed E-state index contributed by atoms with van der Waals surface area (Å²) >= 11 is 5.77. The van der Waals surface area contributed by atoms with Gasteiger partial charge in [-0.3, -0.25) is 4.79 Å². The molecular formula is C12H13ClO2. The van der Waals surface area contributed by atoms with E-state index in [1.54, 1.807) is 0 Å². The number of ether oxygens (including phenoxy) is 1. The van der Waals surface area contributed by atoms with Gasteiger partial charge in [-0.2, -0.15) is 0 Å². The summed E-state index contributed by atoms with van der Waals surface area (Å²) in [6.45, 7) is 0.565. The maximum atomic E-state index is 11.0. The number of rotatable bonds is 3. The van der Waals surface area contributed by atoms with E-state index >= 15 is 0 Å². The molecule has 0 aromatic heterocycles. The topological polar surface area (TPSA) is 26.3 Å². The zero-order chi connectivity index (χ0) is 10.7. The SMILES string of the molecule is O=C1CCC(OCc2ccc(Cl)cc2)C1. The van der Waals surface area contributed by atoms with Crippen molar-refractivity contribution in [1.82, 2.24) is 0 Å². The summed E-state index contributed by atoms with van der Waals surface area (Å²) in [6.07, 6.45) is 2.24. The second-order valence-electron chi connectivity index (χ2n) is 3.84. The van der Waals surface area contributed by atoms with E-state index in [2.05, 4.69) is 0 Å². The van der Waals surface area contributed by atoms with Crippen molar-refractivity contribution in [2.75, 3.05) is 0 Å². The van der Waals surface area contributed by atoms with Gasteiger partial charge in [-0.25, -0.2) is 0 Å². The normalized spacial score (nSPS) is 20.9. The maximum Gasteiger partial charge on any atom is 0.135 e. The molecule has 0 radical (unpaired) electrons. The van der Waals surface area contributed by atoms with Crippen molar-refractivity contribution < 1.29 is 9.53 Å². The van der Waals surface area contributed by atoms with Gasteiger partial charge in [-0.15, -0.1) is 0 Å². The third kappa shape index (κ3) is 3.05. The van der Waals surface area contributed by atoms with Crippen LogP contribution in [0.25, 0.3) is 0 Å². The number of benzene rings is 1. The minimum absolute atomic E-state index is 0.119. The molecule has 1 saturated carbocycles. The minimum Gasteiger partial charge on any atom is -0.373 e. The first kappa shape index (κ1) is 10.7. The highest BCUT2D eigenvalue weighted by atomic mass is 35.5. The largest absolute Gasteiger partial charge is 0.373 e. The Morgan fingerprint density at radius 1 is 1.33 bits per heavy atom. The van der Waals surface area contributed by atoms with E-state index in [9.17, 15) is 4.79 Å². The summed E-state index contributed by atoms with van der Waals surface area (Å²) < 4.78 is 5.64. The molecule has 1 fully saturated rings. The van der Waals surface area contributed by atoms with E-state index in [4.69, 9.17) is 16.3 Å². The van der Waals surface area contributed by atoms with Crippen LogP contribution in [-0.4, -0.2) is 11.9 Å². The van der Waals surface area contributed by atoms with Crippen LogP contribution in [0.3, 0.4) is 0 Å². The van der Waals surface area contributed by atoms with Gasteiger partial charge < -0.3 is 4.74 Å². The quantitative estimate of drug-likeness (QED) is 0.789. The Morgan fingerprint density at radius 2 is 2.07 bits per heavy atom. The molecule has 0 saturated heterocycles. The van der Waals surface area contributed by atoms with Crippen LogP contribution < -0.4 is 0 Å². The minimum atomic E-state index is 0.119. The van der Waals surface area contributed by atoms with Crippen molar-refractivity contribution in [2.45, 2.75) is 32.0 Å². The molecule has 1 aliphatic rings. The van der Waals surface area contributed by atoms with Crippen LogP contribution in [0.2, 0.25) is 5.02 Å². The molecule has 0 heterocycles. The van der Waals surface area contributed by atoms with E-state index < -0.39 is 0 Å². The van der Waals surface area contributed by atoms with Crippen molar-refractivity contribution in [1.29, 1.82) is 0 Å². The van der Waals surface area contributed by atoms with Gasteiger partial charge in [0.15, 0.2) is 0 Å². The molecule has 0 N–H and O–H groups in total. The zero-order valence-electron chi connectivity index (χ0n) is 8.41. The Labute approximate surface area is 94.2 Å². The Kier molecular flexibility index (Phi) is 3.39. The zero-order valence-corrected chi connectivity index (χ0v) is 9.17. The molecule has 80 valence electrons. The fourth-order valence-electron chi connectivity index (χ4n) is 1.72. The third-order valence-corrected chi connectivity index (χ3v) is 2.85. The summed E-state index contributed by atoms with van der Waals surface area (Å²) in [5, 5.41) is 0.731. The maximum absolute atomic E-state index is 11.0. The average Bonchev–Trinajstić information content (AvgIpc) is 2.64. The number of carbonyl (C=O) groups excluding carboxylic acids is 1. The second kappa shape index (κ2) is 4.77. The highest BCUT2D eigenvalue weighted by molar-refractivity contribution is 6.30. The number of carbonyl (C=O) groups is 1. The van der Waals surface area contributed by atoms with Crippen LogP contribution in [0, 0.1) is 0 Å². The molecule has 1 aliphatic carbocycles. The lowest BCUT2D eigenvalue weighted by Gasteiger charge is -2.09. The highest BCUT2D eigenvalue weighted by Gasteiger charge is 2.22. The van der Waals surface area contributed by atoms with E-state index in [1.807, 2.05) is 24.3 Å². The molecule has 1 atom stereocenters. The Bertz CT molecular complexity index is 345. The van der Waals surface area contributed by atoms with Crippen LogP contribution in [-0.2, 0) is 16.1 Å². The third-order valence-electron chi connectivity index (χ3n) is 2.60. The van der Waals surface area contributed by atoms with E-state index in [-0.39, 0.29) is 6.10 Å². The fourth-order valence-corrected chi connectivity index (χ4v) is 1.84. The van der Waals surface area contributed by atoms with Crippen molar-refractivity contribution in [3.8, 4) is 0 Å². The molecule has 15 heavy (non-hydrogen) atoms. The first-order chi connectivity index (χ1) is 7.24. The molecule has 3 heteroatoms. The number of Topliss-reactive ketones (excluding diaryl/α,β-unsaturated/α-hetero) is 1. The standard InChI is InChI=1S/C12H13ClO2/c13-10-3-1-9(2-4-10)8-15-12-6-5-11(14)7-12/h1-4,12H,5-8H2. The number of ketones is 1. The Morgan fingerprint density at radius 3 is 2.67 bits per heavy atom. The second-order valence-corrected chi connectivity index (χ2v) is 4.28. The molecule has 1 aromatic rings. The summed E-state index contributed by atoms with van der Waals surface area (Å²) in [7, 11) is 0. The summed E-state index contributed by atoms with van der Waals surface area (Å²) in [5.41, 5.74) is 1.10. The van der Waals surface area contributed by atoms with Gasteiger partial charge in [0.25, 0.3) is 0 Å². The fraction of sp³-hybridized carbons (Fsp3) is 0.417. The van der Waals surface area contributed by atoms with Crippen molar-refractivity contribution >= 4 is 17.4 Å². The summed E-state index contributed by atoms with van der Waals surface area (Å²) in [5.74, 6) is 0.316. The highest BCUT2D eigenvalue weighted by Crippen LogP contribution is 2.19. The van der Waals surface area contributed by atoms with Crippen LogP contribution in [0.5, 0.6) is 0 Å². The molecule has 0 bridgehead atoms. The van der Waals surface area contributed by atoms with Gasteiger partial charge in [-0.05, 0) is 24.1 Å². The first-order valence-corrected chi connectivity index (χ1v) is 5.49. The number of hydrogen-bond acceptors (Lipinski definition) is 2. The molecule has 0 aliphatic heterocycles. The molecule has 0 amide bonds. The molecule has 2 rings (SSSR count). The van der Waals surface area contributed by atoms with E-state index in [0.717, 1.165) is 17.0 Å². The number of halogens is 1. The first-order valence-electron chi connectivity index (χ1n) is 5.12. The lowest BCUT2D eigenvalue weighted by molar-refractivity contribution is -0.118. The molecule has 1 unspecified atom stereocenters. The summed E-state index contributed by atoms with van der Waals surface area (Å²) in [4.78, 5) is 11.0. The van der Waals surface area contributed by atoms with Crippen molar-refractivity contribution in [3.05, 3.63) is 34.9 Å². The molecule has 1 aromatic carbocycles. The molecule has 0 spiro atoms. The molecule has 2 nitrogen and oxygen atoms in total. The van der Waals surface area contributed by atoms with Gasteiger partial charge in [0.05, 0.1) is 12.7 Å². The summed E-state index contributed by atoms with van der Waals surface area (Å²) in [6, 6.07) is 7.58. The van der Waals surface area contributed by atoms with E-state index in [0.29, 0.717) is 25.2 Å². The van der Waals surface area contributed by atoms with Gasteiger partial charge in [0.2, 0.25) is 0 Å². The predicted molar refractivity (Wildman–Crippen MR) is 58.9 cm³/mol. The smallest absolute Gasteiger partial charge is 0.135 e.